The Balaban J connectivity index is 1.54. The van der Waals surface area contributed by atoms with Crippen LogP contribution in [0.4, 0.5) is 4.79 Å². The Morgan fingerprint density at radius 3 is 2.74 bits per heavy atom. The highest BCUT2D eigenvalue weighted by atomic mass is 32.1. The maximum absolute atomic E-state index is 13.2. The highest BCUT2D eigenvalue weighted by Gasteiger charge is 2.54. The van der Waals surface area contributed by atoms with Gasteiger partial charge >= 0.3 is 6.03 Å². The molecule has 6 heteroatoms. The van der Waals surface area contributed by atoms with Crippen molar-refractivity contribution in [1.82, 2.24) is 10.2 Å². The van der Waals surface area contributed by atoms with Crippen LogP contribution in [0.2, 0.25) is 0 Å². The van der Waals surface area contributed by atoms with E-state index in [-0.39, 0.29) is 18.2 Å². The maximum atomic E-state index is 13.2. The number of carbonyl (C=O) groups is 3. The first-order chi connectivity index (χ1) is 13.0. The van der Waals surface area contributed by atoms with Crippen LogP contribution in [-0.2, 0) is 23.2 Å². The summed E-state index contributed by atoms with van der Waals surface area (Å²) >= 11 is 1.62. The molecule has 1 atom stereocenters. The molecule has 0 unspecified atom stereocenters. The van der Waals surface area contributed by atoms with E-state index in [4.69, 9.17) is 0 Å². The molecule has 2 aromatic rings. The molecular formula is C21H22N2O3S. The summed E-state index contributed by atoms with van der Waals surface area (Å²) in [6.07, 6.45) is 4.37. The smallest absolute Gasteiger partial charge is 0.319 e. The monoisotopic (exact) mass is 382 g/mol. The van der Waals surface area contributed by atoms with E-state index < -0.39 is 11.6 Å². The Kier molecular flexibility index (Phi) is 4.60. The molecular weight excluding hydrogens is 360 g/mol. The summed E-state index contributed by atoms with van der Waals surface area (Å²) in [5.74, 6) is -0.525. The van der Waals surface area contributed by atoms with Crippen LogP contribution >= 0.6 is 11.3 Å². The average molecular weight is 382 g/mol. The number of Topliss-reactive ketones (excluding diaryl/α,β-unsaturated/α-hetero) is 1. The van der Waals surface area contributed by atoms with E-state index >= 15 is 0 Å². The minimum Gasteiger partial charge on any atom is -0.319 e. The molecule has 1 fully saturated rings. The van der Waals surface area contributed by atoms with Gasteiger partial charge in [-0.05, 0) is 42.7 Å². The molecule has 0 bridgehead atoms. The fourth-order valence-corrected chi connectivity index (χ4v) is 5.07. The summed E-state index contributed by atoms with van der Waals surface area (Å²) in [6, 6.07) is 8.87. The lowest BCUT2D eigenvalue weighted by molar-refractivity contribution is -0.131. The molecule has 1 aromatic carbocycles. The van der Waals surface area contributed by atoms with Gasteiger partial charge in [-0.3, -0.25) is 14.5 Å². The van der Waals surface area contributed by atoms with Gasteiger partial charge in [0.1, 0.15) is 5.54 Å². The summed E-state index contributed by atoms with van der Waals surface area (Å²) < 4.78 is 0. The molecule has 1 aliphatic carbocycles. The fraction of sp³-hybridized carbons (Fsp3) is 0.381. The van der Waals surface area contributed by atoms with Crippen molar-refractivity contribution in [3.63, 3.8) is 0 Å². The molecule has 1 spiro atoms. The zero-order valence-corrected chi connectivity index (χ0v) is 16.1. The van der Waals surface area contributed by atoms with Gasteiger partial charge in [-0.1, -0.05) is 37.6 Å². The minimum absolute atomic E-state index is 0.222. The third-order valence-electron chi connectivity index (χ3n) is 5.45. The van der Waals surface area contributed by atoms with Crippen molar-refractivity contribution in [3.8, 4) is 0 Å². The number of fused-ring (bicyclic) bond motifs is 2. The molecule has 0 saturated carbocycles. The molecule has 2 heterocycles. The third-order valence-corrected chi connectivity index (χ3v) is 6.43. The van der Waals surface area contributed by atoms with Crippen LogP contribution in [0.1, 0.15) is 52.5 Å². The van der Waals surface area contributed by atoms with Crippen LogP contribution in [0.25, 0.3) is 0 Å². The van der Waals surface area contributed by atoms with Crippen LogP contribution in [-0.4, -0.2) is 29.2 Å². The van der Waals surface area contributed by atoms with Crippen molar-refractivity contribution < 1.29 is 14.4 Å². The number of aryl methyl sites for hydroxylation is 2. The molecule has 140 valence electrons. The van der Waals surface area contributed by atoms with Crippen molar-refractivity contribution in [2.75, 3.05) is 6.54 Å². The Labute approximate surface area is 162 Å². The number of ketones is 1. The van der Waals surface area contributed by atoms with Crippen molar-refractivity contribution in [2.24, 2.45) is 0 Å². The lowest BCUT2D eigenvalue weighted by atomic mass is 9.80. The van der Waals surface area contributed by atoms with E-state index in [0.717, 1.165) is 41.0 Å². The second-order valence-corrected chi connectivity index (χ2v) is 8.21. The van der Waals surface area contributed by atoms with E-state index in [2.05, 4.69) is 12.2 Å². The van der Waals surface area contributed by atoms with E-state index in [1.54, 1.807) is 23.5 Å². The molecule has 5 nitrogen and oxygen atoms in total. The first-order valence-corrected chi connectivity index (χ1v) is 10.3. The number of urea groups is 1. The van der Waals surface area contributed by atoms with E-state index in [1.807, 2.05) is 23.6 Å². The molecule has 2 aliphatic rings. The maximum Gasteiger partial charge on any atom is 0.325 e. The Morgan fingerprint density at radius 2 is 2.00 bits per heavy atom. The second-order valence-electron chi connectivity index (χ2n) is 7.21. The molecule has 0 radical (unpaired) electrons. The predicted octanol–water partition coefficient (Wildman–Crippen LogP) is 3.67. The van der Waals surface area contributed by atoms with Crippen molar-refractivity contribution in [3.05, 3.63) is 57.3 Å². The summed E-state index contributed by atoms with van der Waals surface area (Å²) in [6.45, 7) is 1.88. The zero-order valence-electron chi connectivity index (χ0n) is 15.3. The molecule has 1 aromatic heterocycles. The number of nitrogens with zero attached hydrogens (tertiary/aromatic N) is 1. The van der Waals surface area contributed by atoms with Crippen molar-refractivity contribution in [1.29, 1.82) is 0 Å². The summed E-state index contributed by atoms with van der Waals surface area (Å²) in [5.41, 5.74) is 1.61. The Morgan fingerprint density at radius 1 is 1.22 bits per heavy atom. The second kappa shape index (κ2) is 6.93. The lowest BCUT2D eigenvalue weighted by Gasteiger charge is -2.31. The number of imide groups is 1. The number of amides is 3. The van der Waals surface area contributed by atoms with Crippen LogP contribution in [0.3, 0.4) is 0 Å². The molecule has 3 amide bonds. The van der Waals surface area contributed by atoms with Crippen molar-refractivity contribution in [2.45, 2.75) is 44.6 Å². The van der Waals surface area contributed by atoms with Gasteiger partial charge in [-0.25, -0.2) is 4.79 Å². The Bertz CT molecular complexity index is 902. The van der Waals surface area contributed by atoms with E-state index in [0.29, 0.717) is 12.0 Å². The quantitative estimate of drug-likeness (QED) is 0.634. The Hall–Kier alpha value is -2.47. The van der Waals surface area contributed by atoms with E-state index in [9.17, 15) is 14.4 Å². The number of benzene rings is 1. The number of rotatable bonds is 5. The van der Waals surface area contributed by atoms with Gasteiger partial charge in [-0.15, -0.1) is 11.3 Å². The molecule has 1 N–H and O–H groups in total. The molecule has 1 aliphatic heterocycles. The van der Waals surface area contributed by atoms with Gasteiger partial charge < -0.3 is 5.32 Å². The minimum atomic E-state index is -0.990. The normalized spacial score (nSPS) is 21.4. The third kappa shape index (κ3) is 2.98. The number of carbonyl (C=O) groups excluding carboxylic acids is 3. The van der Waals surface area contributed by atoms with E-state index in [1.165, 1.54) is 5.56 Å². The number of hydrogen-bond acceptors (Lipinski definition) is 4. The van der Waals surface area contributed by atoms with Gasteiger partial charge in [0.25, 0.3) is 5.91 Å². The molecule has 4 rings (SSSR count). The van der Waals surface area contributed by atoms with Gasteiger partial charge in [0.15, 0.2) is 5.78 Å². The molecule has 1 saturated heterocycles. The lowest BCUT2D eigenvalue weighted by Crippen LogP contribution is -2.46. The van der Waals surface area contributed by atoms with Gasteiger partial charge in [0.2, 0.25) is 0 Å². The fourth-order valence-electron chi connectivity index (χ4n) is 4.07. The van der Waals surface area contributed by atoms with Crippen molar-refractivity contribution >= 4 is 29.1 Å². The topological polar surface area (TPSA) is 66.5 Å². The SMILES string of the molecule is CCCc1ccc(C(=O)CN2C(=O)N[C@@]3(CCCc4sccc43)C2=O)cc1. The zero-order chi connectivity index (χ0) is 19.0. The highest BCUT2D eigenvalue weighted by molar-refractivity contribution is 7.10. The average Bonchev–Trinajstić information content (AvgIpc) is 3.23. The predicted molar refractivity (Wildman–Crippen MR) is 104 cm³/mol. The number of nitrogens with one attached hydrogen (secondary N) is 1. The number of thiophene rings is 1. The van der Waals surface area contributed by atoms with Gasteiger partial charge in [-0.2, -0.15) is 0 Å². The van der Waals surface area contributed by atoms with Crippen LogP contribution < -0.4 is 5.32 Å². The standard InChI is InChI=1S/C21H22N2O3S/c1-2-4-14-6-8-15(9-7-14)17(24)13-23-19(25)21(22-20(23)26)11-3-5-18-16(21)10-12-27-18/h6-10,12H,2-5,11,13H2,1H3,(H,22,26)/t21-/m1/s1. The largest absolute Gasteiger partial charge is 0.325 e. The first-order valence-electron chi connectivity index (χ1n) is 9.38. The van der Waals surface area contributed by atoms with Crippen LogP contribution in [0, 0.1) is 0 Å². The van der Waals surface area contributed by atoms with Crippen LogP contribution in [0.15, 0.2) is 35.7 Å². The summed E-state index contributed by atoms with van der Waals surface area (Å²) in [5, 5.41) is 4.85. The highest BCUT2D eigenvalue weighted by Crippen LogP contribution is 2.42. The number of hydrogen-bond donors (Lipinski definition) is 1. The summed E-state index contributed by atoms with van der Waals surface area (Å²) in [4.78, 5) is 40.6. The van der Waals surface area contributed by atoms with Gasteiger partial charge in [0.05, 0.1) is 6.54 Å². The first kappa shape index (κ1) is 17.9. The molecule has 27 heavy (non-hydrogen) atoms. The van der Waals surface area contributed by atoms with Crippen LogP contribution in [0.5, 0.6) is 0 Å². The van der Waals surface area contributed by atoms with Gasteiger partial charge in [0, 0.05) is 16.0 Å². The summed E-state index contributed by atoms with van der Waals surface area (Å²) in [7, 11) is 0.